The third kappa shape index (κ3) is 3.36. The molecule has 78 valence electrons. The highest BCUT2D eigenvalue weighted by atomic mass is 16.3. The molecule has 3 heteroatoms. The number of anilines is 1. The number of hydrogen-bond acceptors (Lipinski definition) is 3. The van der Waals surface area contributed by atoms with E-state index >= 15 is 0 Å². The number of aliphatic hydroxyl groups is 2. The predicted molar refractivity (Wildman–Crippen MR) is 57.4 cm³/mol. The first-order chi connectivity index (χ1) is 6.76. The zero-order valence-corrected chi connectivity index (χ0v) is 8.40. The minimum atomic E-state index is -0.0678. The largest absolute Gasteiger partial charge is 0.396 e. The molecule has 1 atom stereocenters. The van der Waals surface area contributed by atoms with Crippen LogP contribution >= 0.6 is 0 Å². The molecule has 0 aliphatic heterocycles. The second-order valence-corrected chi connectivity index (χ2v) is 3.41. The molecule has 14 heavy (non-hydrogen) atoms. The maximum absolute atomic E-state index is 9.01. The fourth-order valence-corrected chi connectivity index (χ4v) is 1.34. The van der Waals surface area contributed by atoms with Crippen LogP contribution in [0.3, 0.4) is 0 Å². The molecule has 0 saturated carbocycles. The Labute approximate surface area is 84.4 Å². The molecule has 0 aliphatic carbocycles. The molecule has 0 amide bonds. The summed E-state index contributed by atoms with van der Waals surface area (Å²) in [5.74, 6) is 0. The van der Waals surface area contributed by atoms with Crippen molar-refractivity contribution in [2.45, 2.75) is 19.4 Å². The molecular formula is C11H17NO2. The first-order valence-electron chi connectivity index (χ1n) is 4.81. The first kappa shape index (κ1) is 11.0. The smallest absolute Gasteiger partial charge is 0.0633 e. The van der Waals surface area contributed by atoms with Crippen LogP contribution in [0.2, 0.25) is 0 Å². The predicted octanol–water partition coefficient (Wildman–Crippen LogP) is 1.15. The lowest BCUT2D eigenvalue weighted by molar-refractivity contribution is 0.229. The van der Waals surface area contributed by atoms with Gasteiger partial charge in [0.05, 0.1) is 12.6 Å². The van der Waals surface area contributed by atoms with E-state index in [0.717, 1.165) is 5.69 Å². The molecule has 0 aliphatic rings. The molecule has 1 unspecified atom stereocenters. The van der Waals surface area contributed by atoms with Crippen molar-refractivity contribution in [2.75, 3.05) is 18.5 Å². The van der Waals surface area contributed by atoms with Gasteiger partial charge in [-0.25, -0.2) is 0 Å². The van der Waals surface area contributed by atoms with Crippen molar-refractivity contribution in [2.24, 2.45) is 0 Å². The summed E-state index contributed by atoms with van der Waals surface area (Å²) in [6.07, 6.45) is 0.560. The van der Waals surface area contributed by atoms with Crippen LogP contribution in [-0.4, -0.2) is 29.5 Å². The summed E-state index contributed by atoms with van der Waals surface area (Å²) in [7, 11) is 0. The zero-order valence-electron chi connectivity index (χ0n) is 8.40. The lowest BCUT2D eigenvalue weighted by atomic mass is 10.2. The van der Waals surface area contributed by atoms with E-state index in [0.29, 0.717) is 6.42 Å². The van der Waals surface area contributed by atoms with Crippen LogP contribution in [0.15, 0.2) is 24.3 Å². The number of benzene rings is 1. The number of nitrogens with one attached hydrogen (secondary N) is 1. The molecule has 3 nitrogen and oxygen atoms in total. The average Bonchev–Trinajstić information content (AvgIpc) is 2.17. The molecule has 0 heterocycles. The Morgan fingerprint density at radius 3 is 2.71 bits per heavy atom. The highest BCUT2D eigenvalue weighted by Gasteiger charge is 2.05. The maximum Gasteiger partial charge on any atom is 0.0633 e. The summed E-state index contributed by atoms with van der Waals surface area (Å²) >= 11 is 0. The molecule has 1 rings (SSSR count). The maximum atomic E-state index is 9.01. The van der Waals surface area contributed by atoms with Crippen molar-refractivity contribution in [3.05, 3.63) is 29.8 Å². The monoisotopic (exact) mass is 195 g/mol. The Balaban J connectivity index is 2.57. The van der Waals surface area contributed by atoms with Gasteiger partial charge in [-0.05, 0) is 31.0 Å². The molecular weight excluding hydrogens is 178 g/mol. The van der Waals surface area contributed by atoms with E-state index in [1.807, 2.05) is 31.2 Å². The van der Waals surface area contributed by atoms with Gasteiger partial charge >= 0.3 is 0 Å². The van der Waals surface area contributed by atoms with Gasteiger partial charge in [-0.3, -0.25) is 0 Å². The second kappa shape index (κ2) is 5.62. The van der Waals surface area contributed by atoms with Gasteiger partial charge in [0.15, 0.2) is 0 Å². The molecule has 3 N–H and O–H groups in total. The minimum Gasteiger partial charge on any atom is -0.396 e. The molecule has 0 saturated heterocycles. The topological polar surface area (TPSA) is 52.5 Å². The zero-order chi connectivity index (χ0) is 10.4. The van der Waals surface area contributed by atoms with Gasteiger partial charge in [0.2, 0.25) is 0 Å². The Hall–Kier alpha value is -1.06. The number of aliphatic hydroxyl groups excluding tert-OH is 2. The Morgan fingerprint density at radius 2 is 2.14 bits per heavy atom. The quantitative estimate of drug-likeness (QED) is 0.660. The Kier molecular flexibility index (Phi) is 4.43. The van der Waals surface area contributed by atoms with Crippen molar-refractivity contribution < 1.29 is 10.2 Å². The highest BCUT2D eigenvalue weighted by molar-refractivity contribution is 5.46. The summed E-state index contributed by atoms with van der Waals surface area (Å²) in [6, 6.07) is 7.88. The van der Waals surface area contributed by atoms with E-state index in [2.05, 4.69) is 5.32 Å². The van der Waals surface area contributed by atoms with Crippen molar-refractivity contribution in [1.29, 1.82) is 0 Å². The van der Waals surface area contributed by atoms with Gasteiger partial charge in [0.1, 0.15) is 0 Å². The van der Waals surface area contributed by atoms with Gasteiger partial charge in [-0.15, -0.1) is 0 Å². The van der Waals surface area contributed by atoms with Crippen LogP contribution in [0.5, 0.6) is 0 Å². The summed E-state index contributed by atoms with van der Waals surface area (Å²) in [6.45, 7) is 2.14. The normalized spacial score (nSPS) is 12.5. The summed E-state index contributed by atoms with van der Waals surface area (Å²) in [4.78, 5) is 0. The average molecular weight is 195 g/mol. The number of rotatable bonds is 5. The van der Waals surface area contributed by atoms with E-state index in [1.165, 1.54) is 5.56 Å². The van der Waals surface area contributed by atoms with Crippen molar-refractivity contribution in [3.63, 3.8) is 0 Å². The second-order valence-electron chi connectivity index (χ2n) is 3.41. The first-order valence-corrected chi connectivity index (χ1v) is 4.81. The molecule has 1 aromatic carbocycles. The van der Waals surface area contributed by atoms with Gasteiger partial charge in [0, 0.05) is 12.3 Å². The van der Waals surface area contributed by atoms with E-state index in [4.69, 9.17) is 10.2 Å². The van der Waals surface area contributed by atoms with E-state index < -0.39 is 0 Å². The SMILES string of the molecule is Cc1cccc(NC(CO)CCO)c1. The standard InChI is InChI=1S/C11H17NO2/c1-9-3-2-4-10(7-9)12-11(8-14)5-6-13/h2-4,7,11-14H,5-6,8H2,1H3. The summed E-state index contributed by atoms with van der Waals surface area (Å²) in [5.41, 5.74) is 2.16. The van der Waals surface area contributed by atoms with Crippen LogP contribution in [-0.2, 0) is 0 Å². The van der Waals surface area contributed by atoms with E-state index in [9.17, 15) is 0 Å². The Morgan fingerprint density at radius 1 is 1.36 bits per heavy atom. The van der Waals surface area contributed by atoms with Crippen LogP contribution in [0.25, 0.3) is 0 Å². The molecule has 0 fully saturated rings. The van der Waals surface area contributed by atoms with Gasteiger partial charge in [-0.2, -0.15) is 0 Å². The fraction of sp³-hybridized carbons (Fsp3) is 0.455. The fourth-order valence-electron chi connectivity index (χ4n) is 1.34. The van der Waals surface area contributed by atoms with Gasteiger partial charge in [0.25, 0.3) is 0 Å². The minimum absolute atomic E-state index is 0.0362. The van der Waals surface area contributed by atoms with Crippen LogP contribution < -0.4 is 5.32 Å². The summed E-state index contributed by atoms with van der Waals surface area (Å²) in [5, 5.41) is 20.9. The van der Waals surface area contributed by atoms with E-state index in [1.54, 1.807) is 0 Å². The molecule has 0 bridgehead atoms. The third-order valence-electron chi connectivity index (χ3n) is 2.09. The summed E-state index contributed by atoms with van der Waals surface area (Å²) < 4.78 is 0. The Bertz CT molecular complexity index is 276. The van der Waals surface area contributed by atoms with E-state index in [-0.39, 0.29) is 19.3 Å². The van der Waals surface area contributed by atoms with Crippen molar-refractivity contribution in [1.82, 2.24) is 0 Å². The van der Waals surface area contributed by atoms with Crippen LogP contribution in [0, 0.1) is 6.92 Å². The lowest BCUT2D eigenvalue weighted by Gasteiger charge is -2.16. The van der Waals surface area contributed by atoms with Crippen LogP contribution in [0.1, 0.15) is 12.0 Å². The van der Waals surface area contributed by atoms with Crippen LogP contribution in [0.4, 0.5) is 5.69 Å². The molecule has 0 radical (unpaired) electrons. The van der Waals surface area contributed by atoms with Crippen molar-refractivity contribution >= 4 is 5.69 Å². The van der Waals surface area contributed by atoms with Crippen molar-refractivity contribution in [3.8, 4) is 0 Å². The lowest BCUT2D eigenvalue weighted by Crippen LogP contribution is -2.24. The molecule has 1 aromatic rings. The third-order valence-corrected chi connectivity index (χ3v) is 2.09. The number of hydrogen-bond donors (Lipinski definition) is 3. The van der Waals surface area contributed by atoms with Gasteiger partial charge in [-0.1, -0.05) is 12.1 Å². The molecule has 0 spiro atoms. The number of aryl methyl sites for hydroxylation is 1. The highest BCUT2D eigenvalue weighted by Crippen LogP contribution is 2.11. The van der Waals surface area contributed by atoms with Gasteiger partial charge < -0.3 is 15.5 Å². The molecule has 0 aromatic heterocycles.